The SMILES string of the molecule is Cc1cccc([C@@H](CO)NC(=O)[C@@H](C)N2Cc3ccc(-c4nc(NC(C)C)ncc4Cl)nc3C2=O)c1. The van der Waals surface area contributed by atoms with Gasteiger partial charge in [0.1, 0.15) is 17.4 Å². The maximum absolute atomic E-state index is 13.2. The average molecular weight is 509 g/mol. The highest BCUT2D eigenvalue weighted by Gasteiger charge is 2.36. The zero-order chi connectivity index (χ0) is 26.0. The molecule has 0 spiro atoms. The topological polar surface area (TPSA) is 120 Å². The molecule has 3 N–H and O–H groups in total. The highest BCUT2D eigenvalue weighted by atomic mass is 35.5. The number of benzene rings is 1. The van der Waals surface area contributed by atoms with Gasteiger partial charge >= 0.3 is 0 Å². The first kappa shape index (κ1) is 25.5. The largest absolute Gasteiger partial charge is 0.394 e. The normalized spacial score (nSPS) is 14.5. The van der Waals surface area contributed by atoms with Gasteiger partial charge in [0.05, 0.1) is 29.6 Å². The number of halogens is 1. The van der Waals surface area contributed by atoms with Gasteiger partial charge in [-0.2, -0.15) is 0 Å². The summed E-state index contributed by atoms with van der Waals surface area (Å²) < 4.78 is 0. The number of aromatic nitrogens is 3. The molecule has 3 heterocycles. The van der Waals surface area contributed by atoms with Gasteiger partial charge < -0.3 is 20.6 Å². The second kappa shape index (κ2) is 10.6. The molecule has 2 atom stereocenters. The molecule has 188 valence electrons. The summed E-state index contributed by atoms with van der Waals surface area (Å²) in [6, 6.07) is 9.93. The predicted octanol–water partition coefficient (Wildman–Crippen LogP) is 3.51. The number of aryl methyl sites for hydroxylation is 1. The lowest BCUT2D eigenvalue weighted by atomic mass is 10.0. The number of anilines is 1. The summed E-state index contributed by atoms with van der Waals surface area (Å²) in [4.78, 5) is 40.9. The number of hydrogen-bond acceptors (Lipinski definition) is 7. The van der Waals surface area contributed by atoms with Crippen molar-refractivity contribution in [2.24, 2.45) is 0 Å². The standard InChI is InChI=1S/C26H29ClN6O3/c1-14(2)29-26-28-11-19(27)23(32-26)20-9-8-18-12-33(25(36)22(18)30-20)16(4)24(35)31-21(13-34)17-7-5-6-15(3)10-17/h5-11,14,16,21,34H,12-13H2,1-4H3,(H,31,35)(H,28,29,32)/t16-,21-/m1/s1. The van der Waals surface area contributed by atoms with Crippen molar-refractivity contribution in [2.75, 3.05) is 11.9 Å². The van der Waals surface area contributed by atoms with E-state index in [1.807, 2.05) is 45.0 Å². The van der Waals surface area contributed by atoms with Gasteiger partial charge in [0, 0.05) is 18.2 Å². The Kier molecular flexibility index (Phi) is 7.51. The van der Waals surface area contributed by atoms with E-state index in [1.165, 1.54) is 11.1 Å². The van der Waals surface area contributed by atoms with Gasteiger partial charge in [0.15, 0.2) is 0 Å². The van der Waals surface area contributed by atoms with Crippen molar-refractivity contribution in [1.82, 2.24) is 25.2 Å². The van der Waals surface area contributed by atoms with Crippen molar-refractivity contribution in [3.8, 4) is 11.4 Å². The zero-order valence-electron chi connectivity index (χ0n) is 20.6. The molecule has 2 aromatic heterocycles. The number of nitrogens with zero attached hydrogens (tertiary/aromatic N) is 4. The van der Waals surface area contributed by atoms with E-state index in [0.717, 1.165) is 11.1 Å². The number of amides is 2. The number of carbonyl (C=O) groups is 2. The Balaban J connectivity index is 1.52. The van der Waals surface area contributed by atoms with Gasteiger partial charge in [0.2, 0.25) is 11.9 Å². The molecule has 0 fully saturated rings. The molecule has 3 aromatic rings. The Bertz CT molecular complexity index is 1300. The molecule has 0 saturated heterocycles. The summed E-state index contributed by atoms with van der Waals surface area (Å²) in [5.74, 6) is -0.298. The summed E-state index contributed by atoms with van der Waals surface area (Å²) in [5, 5.41) is 16.2. The molecule has 0 saturated carbocycles. The van der Waals surface area contributed by atoms with Crippen molar-refractivity contribution in [2.45, 2.75) is 52.4 Å². The van der Waals surface area contributed by atoms with Crippen molar-refractivity contribution < 1.29 is 14.7 Å². The van der Waals surface area contributed by atoms with Gasteiger partial charge in [-0.3, -0.25) is 9.59 Å². The Morgan fingerprint density at radius 3 is 2.64 bits per heavy atom. The van der Waals surface area contributed by atoms with Crippen molar-refractivity contribution in [3.63, 3.8) is 0 Å². The van der Waals surface area contributed by atoms with Crippen LogP contribution >= 0.6 is 11.6 Å². The van der Waals surface area contributed by atoms with E-state index in [4.69, 9.17) is 11.6 Å². The predicted molar refractivity (Wildman–Crippen MR) is 138 cm³/mol. The van der Waals surface area contributed by atoms with Crippen LogP contribution in [0.4, 0.5) is 5.95 Å². The van der Waals surface area contributed by atoms with Crippen molar-refractivity contribution in [3.05, 3.63) is 70.0 Å². The third-order valence-electron chi connectivity index (χ3n) is 5.98. The van der Waals surface area contributed by atoms with Gasteiger partial charge in [-0.25, -0.2) is 15.0 Å². The molecule has 1 aromatic carbocycles. The molecular formula is C26H29ClN6O3. The van der Waals surface area contributed by atoms with Crippen LogP contribution < -0.4 is 10.6 Å². The number of nitrogens with one attached hydrogen (secondary N) is 2. The number of fused-ring (bicyclic) bond motifs is 1. The molecular weight excluding hydrogens is 480 g/mol. The average Bonchev–Trinajstić information content (AvgIpc) is 3.18. The van der Waals surface area contributed by atoms with E-state index in [1.54, 1.807) is 19.1 Å². The van der Waals surface area contributed by atoms with Gasteiger partial charge in [-0.1, -0.05) is 47.5 Å². The Hall–Kier alpha value is -3.56. The van der Waals surface area contributed by atoms with Gasteiger partial charge in [0.25, 0.3) is 5.91 Å². The smallest absolute Gasteiger partial charge is 0.273 e. The minimum Gasteiger partial charge on any atom is -0.394 e. The molecule has 2 amide bonds. The van der Waals surface area contributed by atoms with E-state index >= 15 is 0 Å². The van der Waals surface area contributed by atoms with E-state index in [-0.39, 0.29) is 36.7 Å². The number of pyridine rings is 1. The molecule has 1 aliphatic heterocycles. The van der Waals surface area contributed by atoms with Crippen LogP contribution in [0.5, 0.6) is 0 Å². The van der Waals surface area contributed by atoms with Crippen LogP contribution in [0.15, 0.2) is 42.6 Å². The molecule has 1 aliphatic rings. The molecule has 4 rings (SSSR count). The highest BCUT2D eigenvalue weighted by molar-refractivity contribution is 6.32. The second-order valence-corrected chi connectivity index (χ2v) is 9.57. The lowest BCUT2D eigenvalue weighted by Crippen LogP contribution is -2.46. The van der Waals surface area contributed by atoms with Crippen LogP contribution in [-0.2, 0) is 11.3 Å². The molecule has 0 aliphatic carbocycles. The van der Waals surface area contributed by atoms with E-state index < -0.39 is 12.1 Å². The quantitative estimate of drug-likeness (QED) is 0.425. The fraction of sp³-hybridized carbons (Fsp3) is 0.346. The molecule has 0 unspecified atom stereocenters. The lowest BCUT2D eigenvalue weighted by molar-refractivity contribution is -0.126. The fourth-order valence-electron chi connectivity index (χ4n) is 4.07. The second-order valence-electron chi connectivity index (χ2n) is 9.16. The fourth-order valence-corrected chi connectivity index (χ4v) is 4.25. The summed E-state index contributed by atoms with van der Waals surface area (Å²) in [6.45, 7) is 7.55. The third-order valence-corrected chi connectivity index (χ3v) is 6.25. The Morgan fingerprint density at radius 1 is 1.17 bits per heavy atom. The summed E-state index contributed by atoms with van der Waals surface area (Å²) in [6.07, 6.45) is 1.50. The maximum atomic E-state index is 13.2. The number of aliphatic hydroxyl groups excluding tert-OH is 1. The van der Waals surface area contributed by atoms with Crippen LogP contribution in [0.25, 0.3) is 11.4 Å². The molecule has 36 heavy (non-hydrogen) atoms. The number of aliphatic hydroxyl groups is 1. The highest BCUT2D eigenvalue weighted by Crippen LogP contribution is 2.30. The van der Waals surface area contributed by atoms with Crippen LogP contribution in [-0.4, -0.2) is 55.5 Å². The lowest BCUT2D eigenvalue weighted by Gasteiger charge is -2.26. The van der Waals surface area contributed by atoms with E-state index in [9.17, 15) is 14.7 Å². The zero-order valence-corrected chi connectivity index (χ0v) is 21.4. The summed E-state index contributed by atoms with van der Waals surface area (Å²) >= 11 is 6.34. The van der Waals surface area contributed by atoms with Crippen molar-refractivity contribution >= 4 is 29.4 Å². The first-order valence-corrected chi connectivity index (χ1v) is 12.1. The van der Waals surface area contributed by atoms with E-state index in [0.29, 0.717) is 27.9 Å². The minimum atomic E-state index is -0.765. The van der Waals surface area contributed by atoms with Crippen LogP contribution in [0.2, 0.25) is 5.02 Å². The monoisotopic (exact) mass is 508 g/mol. The van der Waals surface area contributed by atoms with Crippen LogP contribution in [0, 0.1) is 6.92 Å². The van der Waals surface area contributed by atoms with E-state index in [2.05, 4.69) is 25.6 Å². The molecule has 10 heteroatoms. The number of hydrogen-bond donors (Lipinski definition) is 3. The third kappa shape index (κ3) is 5.32. The molecule has 9 nitrogen and oxygen atoms in total. The number of carbonyl (C=O) groups excluding carboxylic acids is 2. The molecule has 0 radical (unpaired) electrons. The van der Waals surface area contributed by atoms with Crippen LogP contribution in [0.3, 0.4) is 0 Å². The summed E-state index contributed by atoms with van der Waals surface area (Å²) in [7, 11) is 0. The number of rotatable bonds is 8. The maximum Gasteiger partial charge on any atom is 0.273 e. The summed E-state index contributed by atoms with van der Waals surface area (Å²) in [5.41, 5.74) is 3.66. The van der Waals surface area contributed by atoms with Crippen LogP contribution in [0.1, 0.15) is 54.0 Å². The molecule has 0 bridgehead atoms. The van der Waals surface area contributed by atoms with Crippen molar-refractivity contribution in [1.29, 1.82) is 0 Å². The first-order chi connectivity index (χ1) is 17.2. The van der Waals surface area contributed by atoms with Gasteiger partial charge in [-0.05, 0) is 39.3 Å². The Morgan fingerprint density at radius 2 is 1.94 bits per heavy atom. The minimum absolute atomic E-state index is 0.131. The van der Waals surface area contributed by atoms with Gasteiger partial charge in [-0.15, -0.1) is 0 Å². The Labute approximate surface area is 214 Å². The first-order valence-electron chi connectivity index (χ1n) is 11.8.